The van der Waals surface area contributed by atoms with Gasteiger partial charge in [-0.15, -0.1) is 0 Å². The molecule has 20 heavy (non-hydrogen) atoms. The maximum absolute atomic E-state index is 11.8. The Labute approximate surface area is 117 Å². The third-order valence-electron chi connectivity index (χ3n) is 3.37. The molecule has 1 saturated heterocycles. The molecular formula is C14H16N4O2. The van der Waals surface area contributed by atoms with E-state index in [4.69, 9.17) is 11.0 Å². The quantitative estimate of drug-likeness (QED) is 0.619. The van der Waals surface area contributed by atoms with Gasteiger partial charge in [0.1, 0.15) is 6.04 Å². The second-order valence-corrected chi connectivity index (χ2v) is 4.68. The number of rotatable bonds is 3. The molecule has 0 saturated carbocycles. The first-order valence-electron chi connectivity index (χ1n) is 6.42. The zero-order chi connectivity index (χ0) is 14.7. The Hall–Kier alpha value is -2.55. The van der Waals surface area contributed by atoms with E-state index in [1.165, 1.54) is 0 Å². The predicted molar refractivity (Wildman–Crippen MR) is 74.7 cm³/mol. The number of piperazine rings is 1. The fourth-order valence-electron chi connectivity index (χ4n) is 2.35. The molecule has 1 heterocycles. The number of imide groups is 1. The maximum atomic E-state index is 11.8. The Morgan fingerprint density at radius 3 is 2.90 bits per heavy atom. The van der Waals surface area contributed by atoms with Crippen LogP contribution in [0.15, 0.2) is 18.2 Å². The van der Waals surface area contributed by atoms with Gasteiger partial charge in [-0.25, -0.2) is 0 Å². The highest BCUT2D eigenvalue weighted by Gasteiger charge is 2.32. The Bertz CT molecular complexity index is 591. The van der Waals surface area contributed by atoms with Crippen molar-refractivity contribution < 1.29 is 9.59 Å². The Balaban J connectivity index is 2.38. The van der Waals surface area contributed by atoms with Crippen LogP contribution in [0.25, 0.3) is 0 Å². The molecule has 0 bridgehead atoms. The fourth-order valence-corrected chi connectivity index (χ4v) is 2.35. The van der Waals surface area contributed by atoms with E-state index in [1.807, 2.05) is 6.92 Å². The van der Waals surface area contributed by atoms with Crippen molar-refractivity contribution in [3.05, 3.63) is 23.8 Å². The molecule has 1 unspecified atom stereocenters. The number of nitrogens with two attached hydrogens (primary N) is 1. The van der Waals surface area contributed by atoms with E-state index in [-0.39, 0.29) is 30.8 Å². The van der Waals surface area contributed by atoms with E-state index in [0.717, 1.165) is 5.69 Å². The number of carbonyl (C=O) groups is 2. The minimum Gasteiger partial charge on any atom is -0.398 e. The lowest BCUT2D eigenvalue weighted by atomic mass is 10.0. The SMILES string of the molecule is CCC1C(=O)NC(=O)CN1c1ccc(N)c(CC#N)c1. The molecule has 1 aliphatic heterocycles. The molecular weight excluding hydrogens is 256 g/mol. The van der Waals surface area contributed by atoms with Crippen LogP contribution in [-0.4, -0.2) is 24.4 Å². The highest BCUT2D eigenvalue weighted by Crippen LogP contribution is 2.25. The van der Waals surface area contributed by atoms with Crippen molar-refractivity contribution in [1.82, 2.24) is 5.32 Å². The molecule has 1 aromatic rings. The van der Waals surface area contributed by atoms with Crippen LogP contribution in [0.1, 0.15) is 18.9 Å². The second kappa shape index (κ2) is 5.61. The smallest absolute Gasteiger partial charge is 0.249 e. The minimum absolute atomic E-state index is 0.125. The normalized spacial score (nSPS) is 18.6. The first-order chi connectivity index (χ1) is 9.56. The van der Waals surface area contributed by atoms with Gasteiger partial charge in [0.2, 0.25) is 11.8 Å². The highest BCUT2D eigenvalue weighted by molar-refractivity contribution is 6.04. The van der Waals surface area contributed by atoms with Gasteiger partial charge in [-0.3, -0.25) is 14.9 Å². The number of nitrogens with zero attached hydrogens (tertiary/aromatic N) is 2. The summed E-state index contributed by atoms with van der Waals surface area (Å²) in [5.74, 6) is -0.610. The summed E-state index contributed by atoms with van der Waals surface area (Å²) in [5, 5.41) is 11.1. The largest absolute Gasteiger partial charge is 0.398 e. The lowest BCUT2D eigenvalue weighted by Crippen LogP contribution is -2.58. The highest BCUT2D eigenvalue weighted by atomic mass is 16.2. The van der Waals surface area contributed by atoms with Crippen LogP contribution in [0.5, 0.6) is 0 Å². The number of anilines is 2. The van der Waals surface area contributed by atoms with Crippen molar-refractivity contribution in [1.29, 1.82) is 5.26 Å². The van der Waals surface area contributed by atoms with Gasteiger partial charge in [0.25, 0.3) is 0 Å². The molecule has 6 heteroatoms. The second-order valence-electron chi connectivity index (χ2n) is 4.68. The van der Waals surface area contributed by atoms with Gasteiger partial charge in [0, 0.05) is 11.4 Å². The van der Waals surface area contributed by atoms with Crippen molar-refractivity contribution in [3.8, 4) is 6.07 Å². The summed E-state index contributed by atoms with van der Waals surface area (Å²) < 4.78 is 0. The lowest BCUT2D eigenvalue weighted by molar-refractivity contribution is -0.132. The molecule has 0 radical (unpaired) electrons. The first kappa shape index (κ1) is 13.9. The molecule has 2 rings (SSSR count). The molecule has 2 amide bonds. The van der Waals surface area contributed by atoms with Crippen LogP contribution in [0.3, 0.4) is 0 Å². The van der Waals surface area contributed by atoms with E-state index in [0.29, 0.717) is 17.7 Å². The number of amides is 2. The lowest BCUT2D eigenvalue weighted by Gasteiger charge is -2.35. The number of carbonyl (C=O) groups excluding carboxylic acids is 2. The average molecular weight is 272 g/mol. The number of benzene rings is 1. The van der Waals surface area contributed by atoms with E-state index in [2.05, 4.69) is 11.4 Å². The molecule has 1 aromatic carbocycles. The van der Waals surface area contributed by atoms with Crippen LogP contribution in [0.2, 0.25) is 0 Å². The van der Waals surface area contributed by atoms with Crippen molar-refractivity contribution in [3.63, 3.8) is 0 Å². The number of hydrogen-bond acceptors (Lipinski definition) is 5. The van der Waals surface area contributed by atoms with Crippen LogP contribution < -0.4 is 16.0 Å². The number of nitrogen functional groups attached to an aromatic ring is 1. The summed E-state index contributed by atoms with van der Waals surface area (Å²) in [4.78, 5) is 25.1. The first-order valence-corrected chi connectivity index (χ1v) is 6.42. The molecule has 104 valence electrons. The molecule has 0 aromatic heterocycles. The molecule has 0 aliphatic carbocycles. The molecule has 1 fully saturated rings. The summed E-state index contributed by atoms with van der Waals surface area (Å²) >= 11 is 0. The molecule has 1 aliphatic rings. The average Bonchev–Trinajstić information content (AvgIpc) is 2.41. The Kier molecular flexibility index (Phi) is 3.89. The zero-order valence-corrected chi connectivity index (χ0v) is 11.2. The topological polar surface area (TPSA) is 99.2 Å². The summed E-state index contributed by atoms with van der Waals surface area (Å²) in [5.41, 5.74) is 7.79. The summed E-state index contributed by atoms with van der Waals surface area (Å²) in [6.45, 7) is 2.01. The van der Waals surface area contributed by atoms with Gasteiger partial charge in [0.15, 0.2) is 0 Å². The van der Waals surface area contributed by atoms with Crippen molar-refractivity contribution in [2.75, 3.05) is 17.2 Å². The van der Waals surface area contributed by atoms with Gasteiger partial charge in [0.05, 0.1) is 19.0 Å². The van der Waals surface area contributed by atoms with Gasteiger partial charge in [-0.05, 0) is 30.2 Å². The standard InChI is InChI=1S/C14H16N4O2/c1-2-12-14(20)17-13(19)8-18(12)10-3-4-11(16)9(7-10)5-6-15/h3-4,7,12H,2,5,8,16H2,1H3,(H,17,19,20). The van der Waals surface area contributed by atoms with Crippen LogP contribution >= 0.6 is 0 Å². The van der Waals surface area contributed by atoms with Gasteiger partial charge in [-0.1, -0.05) is 6.92 Å². The van der Waals surface area contributed by atoms with Crippen LogP contribution in [-0.2, 0) is 16.0 Å². The Morgan fingerprint density at radius 1 is 1.50 bits per heavy atom. The molecule has 0 spiro atoms. The van der Waals surface area contributed by atoms with Crippen molar-refractivity contribution in [2.24, 2.45) is 0 Å². The Morgan fingerprint density at radius 2 is 2.25 bits per heavy atom. The number of hydrogen-bond donors (Lipinski definition) is 2. The molecule has 1 atom stereocenters. The van der Waals surface area contributed by atoms with E-state index >= 15 is 0 Å². The van der Waals surface area contributed by atoms with Gasteiger partial charge < -0.3 is 10.6 Å². The summed E-state index contributed by atoms with van der Waals surface area (Å²) in [6, 6.07) is 6.91. The third kappa shape index (κ3) is 2.57. The van der Waals surface area contributed by atoms with Crippen LogP contribution in [0.4, 0.5) is 11.4 Å². The van der Waals surface area contributed by atoms with Gasteiger partial charge >= 0.3 is 0 Å². The number of nitriles is 1. The fraction of sp³-hybridized carbons (Fsp3) is 0.357. The van der Waals surface area contributed by atoms with E-state index < -0.39 is 0 Å². The summed E-state index contributed by atoms with van der Waals surface area (Å²) in [6.07, 6.45) is 0.793. The van der Waals surface area contributed by atoms with E-state index in [1.54, 1.807) is 23.1 Å². The van der Waals surface area contributed by atoms with E-state index in [9.17, 15) is 9.59 Å². The van der Waals surface area contributed by atoms with Crippen LogP contribution in [0, 0.1) is 11.3 Å². The van der Waals surface area contributed by atoms with Crippen molar-refractivity contribution in [2.45, 2.75) is 25.8 Å². The minimum atomic E-state index is -0.383. The number of nitrogens with one attached hydrogen (secondary N) is 1. The predicted octanol–water partition coefficient (Wildman–Crippen LogP) is 0.576. The zero-order valence-electron chi connectivity index (χ0n) is 11.2. The summed E-state index contributed by atoms with van der Waals surface area (Å²) in [7, 11) is 0. The third-order valence-corrected chi connectivity index (χ3v) is 3.37. The molecule has 6 nitrogen and oxygen atoms in total. The maximum Gasteiger partial charge on any atom is 0.249 e. The molecule has 3 N–H and O–H groups in total. The van der Waals surface area contributed by atoms with Crippen molar-refractivity contribution >= 4 is 23.2 Å². The monoisotopic (exact) mass is 272 g/mol. The van der Waals surface area contributed by atoms with Gasteiger partial charge in [-0.2, -0.15) is 5.26 Å².